The summed E-state index contributed by atoms with van der Waals surface area (Å²) in [6, 6.07) is 0. The maximum absolute atomic E-state index is 11.0. The molecule has 4 N–H and O–H groups in total. The lowest BCUT2D eigenvalue weighted by Crippen LogP contribution is -2.36. The maximum atomic E-state index is 11.0. The molecule has 0 aromatic carbocycles. The zero-order valence-corrected chi connectivity index (χ0v) is 9.21. The van der Waals surface area contributed by atoms with Gasteiger partial charge in [-0.1, -0.05) is 19.8 Å². The van der Waals surface area contributed by atoms with Crippen LogP contribution in [0.2, 0.25) is 0 Å². The van der Waals surface area contributed by atoms with Gasteiger partial charge in [0.25, 0.3) is 0 Å². The first kappa shape index (κ1) is 13.3. The summed E-state index contributed by atoms with van der Waals surface area (Å²) in [5, 5.41) is 5.39. The lowest BCUT2D eigenvalue weighted by Gasteiger charge is -2.07. The summed E-state index contributed by atoms with van der Waals surface area (Å²) in [6.07, 6.45) is 4.98. The minimum atomic E-state index is -0.234. The van der Waals surface area contributed by atoms with Gasteiger partial charge in [-0.05, 0) is 5.92 Å². The summed E-state index contributed by atoms with van der Waals surface area (Å²) in [5.41, 5.74) is 5.52. The van der Waals surface area contributed by atoms with E-state index in [0.29, 0.717) is 5.92 Å². The lowest BCUT2D eigenvalue weighted by molar-refractivity contribution is -0.119. The van der Waals surface area contributed by atoms with Gasteiger partial charge in [-0.15, -0.1) is 6.42 Å². The highest BCUT2D eigenvalue weighted by molar-refractivity contribution is 5.83. The summed E-state index contributed by atoms with van der Waals surface area (Å²) in [5.74, 6) is 2.82. The highest BCUT2D eigenvalue weighted by Gasteiger charge is 1.99. The molecule has 0 spiro atoms. The van der Waals surface area contributed by atoms with Crippen LogP contribution in [0.1, 0.15) is 13.8 Å². The molecular formula is C10H18N4O. The van der Waals surface area contributed by atoms with Gasteiger partial charge in [0, 0.05) is 6.54 Å². The van der Waals surface area contributed by atoms with Crippen LogP contribution in [0.3, 0.4) is 0 Å². The Morgan fingerprint density at radius 2 is 2.20 bits per heavy atom. The van der Waals surface area contributed by atoms with E-state index in [2.05, 4.69) is 35.4 Å². The first-order chi connectivity index (χ1) is 7.06. The smallest absolute Gasteiger partial charge is 0.242 e. The molecule has 0 aromatic heterocycles. The van der Waals surface area contributed by atoms with Gasteiger partial charge >= 0.3 is 0 Å². The van der Waals surface area contributed by atoms with E-state index >= 15 is 0 Å². The molecule has 0 unspecified atom stereocenters. The fourth-order valence-electron chi connectivity index (χ4n) is 0.727. The van der Waals surface area contributed by atoms with Crippen molar-refractivity contribution in [3.05, 3.63) is 0 Å². The normalized spacial score (nSPS) is 10.9. The third-order valence-corrected chi connectivity index (χ3v) is 1.47. The largest absolute Gasteiger partial charge is 0.370 e. The number of aliphatic imine (C=N–C) groups is 1. The first-order valence-electron chi connectivity index (χ1n) is 4.80. The van der Waals surface area contributed by atoms with Gasteiger partial charge in [0.1, 0.15) is 6.54 Å². The van der Waals surface area contributed by atoms with Crippen molar-refractivity contribution < 1.29 is 4.79 Å². The lowest BCUT2D eigenvalue weighted by atomic mass is 10.2. The minimum absolute atomic E-state index is 0.00138. The summed E-state index contributed by atoms with van der Waals surface area (Å²) < 4.78 is 0. The summed E-state index contributed by atoms with van der Waals surface area (Å²) in [6.45, 7) is 5.06. The third kappa shape index (κ3) is 8.63. The molecule has 5 nitrogen and oxygen atoms in total. The zero-order chi connectivity index (χ0) is 11.7. The molecule has 84 valence electrons. The molecule has 0 bridgehead atoms. The number of hydrogen-bond acceptors (Lipinski definition) is 2. The Morgan fingerprint density at radius 3 is 2.73 bits per heavy atom. The second-order valence-electron chi connectivity index (χ2n) is 3.46. The molecular weight excluding hydrogens is 192 g/mol. The monoisotopic (exact) mass is 210 g/mol. The molecule has 0 fully saturated rings. The van der Waals surface area contributed by atoms with Gasteiger partial charge < -0.3 is 16.4 Å². The van der Waals surface area contributed by atoms with Crippen LogP contribution in [0.15, 0.2) is 4.99 Å². The van der Waals surface area contributed by atoms with E-state index in [9.17, 15) is 4.79 Å². The Hall–Kier alpha value is -1.70. The van der Waals surface area contributed by atoms with E-state index in [0.717, 1.165) is 6.54 Å². The van der Waals surface area contributed by atoms with Crippen molar-refractivity contribution in [1.82, 2.24) is 10.6 Å². The first-order valence-corrected chi connectivity index (χ1v) is 4.80. The van der Waals surface area contributed by atoms with E-state index < -0.39 is 0 Å². The number of hydrogen-bond donors (Lipinski definition) is 3. The average Bonchev–Trinajstić information content (AvgIpc) is 2.20. The van der Waals surface area contributed by atoms with Gasteiger partial charge in [-0.25, -0.2) is 4.99 Å². The number of guanidine groups is 1. The number of carbonyl (C=O) groups excluding carboxylic acids is 1. The summed E-state index contributed by atoms with van der Waals surface area (Å²) in [4.78, 5) is 14.9. The Labute approximate surface area is 90.5 Å². The van der Waals surface area contributed by atoms with E-state index in [1.54, 1.807) is 0 Å². The fourth-order valence-corrected chi connectivity index (χ4v) is 0.727. The average molecular weight is 210 g/mol. The standard InChI is InChI=1S/C10H18N4O/c1-4-5-12-9(15)7-14-10(11)13-6-8(2)3/h1,8H,5-7H2,2-3H3,(H,12,15)(H3,11,13,14). The third-order valence-electron chi connectivity index (χ3n) is 1.47. The van der Waals surface area contributed by atoms with Crippen molar-refractivity contribution in [3.8, 4) is 12.3 Å². The van der Waals surface area contributed by atoms with Crippen LogP contribution < -0.4 is 16.4 Å². The Morgan fingerprint density at radius 1 is 1.53 bits per heavy atom. The van der Waals surface area contributed by atoms with Crippen LogP contribution in [-0.2, 0) is 4.79 Å². The molecule has 0 rings (SSSR count). The van der Waals surface area contributed by atoms with Crippen molar-refractivity contribution in [2.45, 2.75) is 13.8 Å². The summed E-state index contributed by atoms with van der Waals surface area (Å²) in [7, 11) is 0. The highest BCUT2D eigenvalue weighted by atomic mass is 16.1. The molecule has 0 aliphatic carbocycles. The molecule has 1 amide bonds. The SMILES string of the molecule is C#CCNC(=O)CN=C(N)NCC(C)C. The number of amides is 1. The second-order valence-corrected chi connectivity index (χ2v) is 3.46. The van der Waals surface area contributed by atoms with Crippen LogP contribution >= 0.6 is 0 Å². The number of nitrogens with zero attached hydrogens (tertiary/aromatic N) is 1. The van der Waals surface area contributed by atoms with E-state index in [-0.39, 0.29) is 25.0 Å². The second kappa shape index (κ2) is 7.68. The van der Waals surface area contributed by atoms with Gasteiger partial charge in [-0.2, -0.15) is 0 Å². The van der Waals surface area contributed by atoms with Crippen LogP contribution in [-0.4, -0.2) is 31.5 Å². The van der Waals surface area contributed by atoms with Gasteiger partial charge in [0.05, 0.1) is 6.54 Å². The molecule has 0 aliphatic heterocycles. The number of nitrogens with two attached hydrogens (primary N) is 1. The van der Waals surface area contributed by atoms with E-state index in [4.69, 9.17) is 12.2 Å². The molecule has 5 heteroatoms. The molecule has 0 saturated heterocycles. The van der Waals surface area contributed by atoms with Crippen molar-refractivity contribution >= 4 is 11.9 Å². The Bertz CT molecular complexity index is 265. The topological polar surface area (TPSA) is 79.5 Å². The quantitative estimate of drug-likeness (QED) is 0.319. The highest BCUT2D eigenvalue weighted by Crippen LogP contribution is 1.85. The molecule has 0 heterocycles. The molecule has 0 atom stereocenters. The van der Waals surface area contributed by atoms with Crippen LogP contribution in [0.25, 0.3) is 0 Å². The van der Waals surface area contributed by atoms with Crippen LogP contribution in [0.5, 0.6) is 0 Å². The van der Waals surface area contributed by atoms with Crippen LogP contribution in [0.4, 0.5) is 0 Å². The van der Waals surface area contributed by atoms with Crippen molar-refractivity contribution in [2.75, 3.05) is 19.6 Å². The maximum Gasteiger partial charge on any atom is 0.242 e. The summed E-state index contributed by atoms with van der Waals surface area (Å²) >= 11 is 0. The fraction of sp³-hybridized carbons (Fsp3) is 0.600. The van der Waals surface area contributed by atoms with Crippen molar-refractivity contribution in [2.24, 2.45) is 16.6 Å². The van der Waals surface area contributed by atoms with Crippen molar-refractivity contribution in [1.29, 1.82) is 0 Å². The molecule has 0 aromatic rings. The van der Waals surface area contributed by atoms with Crippen LogP contribution in [0, 0.1) is 18.3 Å². The molecule has 0 radical (unpaired) electrons. The zero-order valence-electron chi connectivity index (χ0n) is 9.21. The minimum Gasteiger partial charge on any atom is -0.370 e. The predicted octanol–water partition coefficient (Wildman–Crippen LogP) is -0.704. The van der Waals surface area contributed by atoms with Gasteiger partial charge in [-0.3, -0.25) is 4.79 Å². The van der Waals surface area contributed by atoms with E-state index in [1.165, 1.54) is 0 Å². The van der Waals surface area contributed by atoms with E-state index in [1.807, 2.05) is 0 Å². The molecule has 0 saturated carbocycles. The van der Waals surface area contributed by atoms with Gasteiger partial charge in [0.2, 0.25) is 5.91 Å². The predicted molar refractivity (Wildman–Crippen MR) is 61.2 cm³/mol. The molecule has 0 aliphatic rings. The Kier molecular flexibility index (Phi) is 6.81. The number of carbonyl (C=O) groups is 1. The molecule has 15 heavy (non-hydrogen) atoms. The number of rotatable bonds is 5. The number of terminal acetylenes is 1. The van der Waals surface area contributed by atoms with Gasteiger partial charge in [0.15, 0.2) is 5.96 Å². The Balaban J connectivity index is 3.75. The van der Waals surface area contributed by atoms with Crippen molar-refractivity contribution in [3.63, 3.8) is 0 Å². The number of nitrogens with one attached hydrogen (secondary N) is 2.